The van der Waals surface area contributed by atoms with E-state index in [-0.39, 0.29) is 12.5 Å². The van der Waals surface area contributed by atoms with Gasteiger partial charge in [-0.1, -0.05) is 0 Å². The van der Waals surface area contributed by atoms with Gasteiger partial charge >= 0.3 is 6.03 Å². The molecule has 0 saturated heterocycles. The van der Waals surface area contributed by atoms with E-state index in [2.05, 4.69) is 5.32 Å². The highest BCUT2D eigenvalue weighted by Gasteiger charge is 2.06. The van der Waals surface area contributed by atoms with Crippen LogP contribution in [0.3, 0.4) is 0 Å². The van der Waals surface area contributed by atoms with Crippen molar-refractivity contribution < 1.29 is 9.59 Å². The summed E-state index contributed by atoms with van der Waals surface area (Å²) in [4.78, 5) is 23.0. The average molecular weight is 174 g/mol. The Morgan fingerprint density at radius 1 is 1.50 bits per heavy atom. The van der Waals surface area contributed by atoms with Gasteiger partial charge in [0.15, 0.2) is 0 Å². The molecule has 0 bridgehead atoms. The monoisotopic (exact) mass is 174 g/mol. The number of urea groups is 1. The number of carbonyl (C=O) groups excluding carboxylic acids is 2. The van der Waals surface area contributed by atoms with Crippen molar-refractivity contribution in [2.45, 2.75) is 6.92 Å². The second-order valence-corrected chi connectivity index (χ2v) is 2.23. The number of hydrogen-bond acceptors (Lipinski definition) is 3. The first-order chi connectivity index (χ1) is 5.61. The van der Waals surface area contributed by atoms with E-state index in [0.717, 1.165) is 0 Å². The topological polar surface area (TPSA) is 87.5 Å². The highest BCUT2D eigenvalue weighted by atomic mass is 16.2. The van der Waals surface area contributed by atoms with E-state index in [0.29, 0.717) is 6.54 Å². The minimum absolute atomic E-state index is 0.0344. The number of hydrazine groups is 1. The summed E-state index contributed by atoms with van der Waals surface area (Å²) in [6, 6.07) is -0.562. The second kappa shape index (κ2) is 5.36. The van der Waals surface area contributed by atoms with Gasteiger partial charge < -0.3 is 10.2 Å². The molecule has 3 amide bonds. The van der Waals surface area contributed by atoms with E-state index < -0.39 is 6.03 Å². The van der Waals surface area contributed by atoms with Gasteiger partial charge in [-0.2, -0.15) is 0 Å². The molecule has 0 unspecified atom stereocenters. The molecule has 0 saturated carbocycles. The summed E-state index contributed by atoms with van der Waals surface area (Å²) in [7, 11) is 1.66. The van der Waals surface area contributed by atoms with Crippen LogP contribution >= 0.6 is 0 Å². The first-order valence-corrected chi connectivity index (χ1v) is 3.60. The normalized spacial score (nSPS) is 8.92. The van der Waals surface area contributed by atoms with Crippen molar-refractivity contribution in [2.24, 2.45) is 5.84 Å². The van der Waals surface area contributed by atoms with E-state index in [1.165, 1.54) is 4.90 Å². The standard InChI is InChI=1S/C6H14N4O2/c1-3-10(2)5(11)4-8-6(12)9-7/h3-4,7H2,1-2H3,(H2,8,9,12). The molecular weight excluding hydrogens is 160 g/mol. The van der Waals surface area contributed by atoms with Gasteiger partial charge in [-0.05, 0) is 6.92 Å². The summed E-state index contributed by atoms with van der Waals surface area (Å²) < 4.78 is 0. The third kappa shape index (κ3) is 3.77. The van der Waals surface area contributed by atoms with Crippen molar-refractivity contribution in [3.8, 4) is 0 Å². The van der Waals surface area contributed by atoms with Gasteiger partial charge in [0.1, 0.15) is 0 Å². The Morgan fingerprint density at radius 3 is 2.50 bits per heavy atom. The van der Waals surface area contributed by atoms with Crippen LogP contribution in [-0.4, -0.2) is 37.0 Å². The quantitative estimate of drug-likeness (QED) is 0.280. The zero-order chi connectivity index (χ0) is 9.56. The largest absolute Gasteiger partial charge is 0.345 e. The number of hydrogen-bond donors (Lipinski definition) is 3. The number of nitrogens with two attached hydrogens (primary N) is 1. The Morgan fingerprint density at radius 2 is 2.08 bits per heavy atom. The molecule has 0 aliphatic carbocycles. The van der Waals surface area contributed by atoms with Crippen LogP contribution in [0.1, 0.15) is 6.92 Å². The van der Waals surface area contributed by atoms with Crippen molar-refractivity contribution in [3.05, 3.63) is 0 Å². The molecule has 0 aliphatic rings. The third-order valence-corrected chi connectivity index (χ3v) is 1.43. The molecule has 0 atom stereocenters. The molecule has 0 fully saturated rings. The van der Waals surface area contributed by atoms with Crippen LogP contribution in [0, 0.1) is 0 Å². The van der Waals surface area contributed by atoms with Gasteiger partial charge in [0.25, 0.3) is 0 Å². The minimum Gasteiger partial charge on any atom is -0.345 e. The Bertz CT molecular complexity index is 171. The summed E-state index contributed by atoms with van der Waals surface area (Å²) in [5.74, 6) is 4.63. The fourth-order valence-corrected chi connectivity index (χ4v) is 0.518. The summed E-state index contributed by atoms with van der Waals surface area (Å²) in [6.45, 7) is 2.43. The summed E-state index contributed by atoms with van der Waals surface area (Å²) in [5.41, 5.74) is 1.86. The predicted octanol–water partition coefficient (Wildman–Crippen LogP) is -1.36. The molecule has 0 rings (SSSR count). The van der Waals surface area contributed by atoms with Crippen LogP contribution in [0.4, 0.5) is 4.79 Å². The van der Waals surface area contributed by atoms with Crippen molar-refractivity contribution >= 4 is 11.9 Å². The molecule has 0 aromatic heterocycles. The molecule has 0 heterocycles. The fourth-order valence-electron chi connectivity index (χ4n) is 0.518. The number of nitrogens with zero attached hydrogens (tertiary/aromatic N) is 1. The molecule has 70 valence electrons. The maximum atomic E-state index is 11.0. The predicted molar refractivity (Wildman–Crippen MR) is 44.0 cm³/mol. The molecule has 0 aromatic carbocycles. The Kier molecular flexibility index (Phi) is 4.78. The molecule has 0 spiro atoms. The molecule has 6 nitrogen and oxygen atoms in total. The van der Waals surface area contributed by atoms with Crippen LogP contribution in [0.15, 0.2) is 0 Å². The molecule has 6 heteroatoms. The van der Waals surface area contributed by atoms with E-state index >= 15 is 0 Å². The maximum Gasteiger partial charge on any atom is 0.329 e. The highest BCUT2D eigenvalue weighted by Crippen LogP contribution is 1.80. The lowest BCUT2D eigenvalue weighted by Crippen LogP contribution is -2.44. The third-order valence-electron chi connectivity index (χ3n) is 1.43. The molecule has 12 heavy (non-hydrogen) atoms. The zero-order valence-corrected chi connectivity index (χ0v) is 7.26. The van der Waals surface area contributed by atoms with Crippen LogP contribution in [-0.2, 0) is 4.79 Å². The van der Waals surface area contributed by atoms with Crippen LogP contribution in [0.25, 0.3) is 0 Å². The maximum absolute atomic E-state index is 11.0. The van der Waals surface area contributed by atoms with Gasteiger partial charge in [0, 0.05) is 13.6 Å². The minimum atomic E-state index is -0.562. The molecule has 0 aromatic rings. The van der Waals surface area contributed by atoms with Crippen LogP contribution in [0.2, 0.25) is 0 Å². The molecule has 4 N–H and O–H groups in total. The smallest absolute Gasteiger partial charge is 0.329 e. The first-order valence-electron chi connectivity index (χ1n) is 3.60. The lowest BCUT2D eigenvalue weighted by Gasteiger charge is -2.14. The van der Waals surface area contributed by atoms with Gasteiger partial charge in [-0.3, -0.25) is 10.2 Å². The van der Waals surface area contributed by atoms with Gasteiger partial charge in [-0.15, -0.1) is 0 Å². The van der Waals surface area contributed by atoms with Gasteiger partial charge in [0.2, 0.25) is 5.91 Å². The Hall–Kier alpha value is -1.30. The number of amides is 3. The SMILES string of the molecule is CCN(C)C(=O)CNC(=O)NN. The molecule has 0 aliphatic heterocycles. The molecule has 0 radical (unpaired) electrons. The van der Waals surface area contributed by atoms with Crippen LogP contribution < -0.4 is 16.6 Å². The second-order valence-electron chi connectivity index (χ2n) is 2.23. The van der Waals surface area contributed by atoms with Crippen LogP contribution in [0.5, 0.6) is 0 Å². The summed E-state index contributed by atoms with van der Waals surface area (Å²) >= 11 is 0. The van der Waals surface area contributed by atoms with E-state index in [4.69, 9.17) is 5.84 Å². The molecular formula is C6H14N4O2. The zero-order valence-electron chi connectivity index (χ0n) is 7.26. The van der Waals surface area contributed by atoms with Crippen molar-refractivity contribution in [1.29, 1.82) is 0 Å². The first kappa shape index (κ1) is 10.7. The lowest BCUT2D eigenvalue weighted by molar-refractivity contribution is -0.128. The Labute approximate surface area is 71.1 Å². The average Bonchev–Trinajstić information content (AvgIpc) is 2.11. The lowest BCUT2D eigenvalue weighted by atomic mass is 10.5. The Balaban J connectivity index is 3.64. The fraction of sp³-hybridized carbons (Fsp3) is 0.667. The van der Waals surface area contributed by atoms with Gasteiger partial charge in [0.05, 0.1) is 6.54 Å². The van der Waals surface area contributed by atoms with Crippen molar-refractivity contribution in [2.75, 3.05) is 20.1 Å². The highest BCUT2D eigenvalue weighted by molar-refractivity contribution is 5.83. The van der Waals surface area contributed by atoms with Crippen molar-refractivity contribution in [3.63, 3.8) is 0 Å². The number of rotatable bonds is 3. The van der Waals surface area contributed by atoms with Crippen molar-refractivity contribution in [1.82, 2.24) is 15.6 Å². The van der Waals surface area contributed by atoms with E-state index in [1.54, 1.807) is 7.05 Å². The van der Waals surface area contributed by atoms with Gasteiger partial charge in [-0.25, -0.2) is 10.6 Å². The summed E-state index contributed by atoms with van der Waals surface area (Å²) in [6.07, 6.45) is 0. The van der Waals surface area contributed by atoms with E-state index in [9.17, 15) is 9.59 Å². The summed E-state index contributed by atoms with van der Waals surface area (Å²) in [5, 5.41) is 2.28. The number of carbonyl (C=O) groups is 2. The number of likely N-dealkylation sites (N-methyl/N-ethyl adjacent to an activating group) is 1. The van der Waals surface area contributed by atoms with E-state index in [1.807, 2.05) is 12.3 Å². The number of nitrogens with one attached hydrogen (secondary N) is 2.